The van der Waals surface area contributed by atoms with E-state index < -0.39 is 5.54 Å². The van der Waals surface area contributed by atoms with E-state index in [1.807, 2.05) is 53.6 Å². The number of amides is 4. The van der Waals surface area contributed by atoms with Crippen molar-refractivity contribution in [2.75, 3.05) is 19.3 Å². The quantitative estimate of drug-likeness (QED) is 0.429. The molecule has 0 bridgehead atoms. The van der Waals surface area contributed by atoms with Crippen LogP contribution in [0.2, 0.25) is 0 Å². The molecule has 0 unspecified atom stereocenters. The summed E-state index contributed by atoms with van der Waals surface area (Å²) in [5.41, 5.74) is 0.478. The minimum Gasteiger partial charge on any atom is -0.339 e. The van der Waals surface area contributed by atoms with Crippen molar-refractivity contribution < 1.29 is 14.4 Å². The lowest BCUT2D eigenvalue weighted by atomic mass is 9.73. The van der Waals surface area contributed by atoms with Crippen molar-refractivity contribution in [2.24, 2.45) is 11.8 Å². The molecule has 2 aliphatic heterocycles. The van der Waals surface area contributed by atoms with Gasteiger partial charge in [-0.15, -0.1) is 11.8 Å². The maximum absolute atomic E-state index is 13.8. The van der Waals surface area contributed by atoms with Crippen LogP contribution in [0.1, 0.15) is 55.6 Å². The van der Waals surface area contributed by atoms with Gasteiger partial charge in [0.15, 0.2) is 0 Å². The predicted octanol–water partition coefficient (Wildman–Crippen LogP) is 4.58. The van der Waals surface area contributed by atoms with Crippen molar-refractivity contribution in [3.05, 3.63) is 59.9 Å². The van der Waals surface area contributed by atoms with Crippen LogP contribution >= 0.6 is 11.8 Å². The van der Waals surface area contributed by atoms with Crippen LogP contribution in [0.3, 0.4) is 0 Å². The van der Waals surface area contributed by atoms with E-state index >= 15 is 0 Å². The largest absolute Gasteiger partial charge is 0.339 e. The van der Waals surface area contributed by atoms with Gasteiger partial charge in [-0.2, -0.15) is 0 Å². The zero-order valence-electron chi connectivity index (χ0n) is 20.7. The van der Waals surface area contributed by atoms with Crippen LogP contribution in [0.15, 0.2) is 53.6 Å². The van der Waals surface area contributed by atoms with E-state index in [0.29, 0.717) is 44.0 Å². The third-order valence-corrected chi connectivity index (χ3v) is 7.98. The fourth-order valence-electron chi connectivity index (χ4n) is 5.18. The number of urea groups is 1. The maximum Gasteiger partial charge on any atom is 0.325 e. The van der Waals surface area contributed by atoms with Gasteiger partial charge in [0.2, 0.25) is 0 Å². The standard InChI is InChI=1S/C27H34N4O3S/c1-19(2)11-14-27(25(33)31(26(34)29-27)18-21-8-6-7-15-28-21)20-12-16-30(17-13-20)24(32)22-9-4-5-10-23(22)35-3/h4-10,15,19-20H,11-14,16-18H2,1-3H3,(H,29,34)/t27-/m0/s1. The van der Waals surface area contributed by atoms with E-state index in [0.717, 1.165) is 16.9 Å². The van der Waals surface area contributed by atoms with Crippen LogP contribution < -0.4 is 5.32 Å². The molecule has 7 nitrogen and oxygen atoms in total. The van der Waals surface area contributed by atoms with E-state index in [1.54, 1.807) is 18.0 Å². The zero-order valence-corrected chi connectivity index (χ0v) is 21.5. The minimum atomic E-state index is -0.928. The molecule has 2 fully saturated rings. The van der Waals surface area contributed by atoms with Crippen LogP contribution in [-0.4, -0.2) is 57.5 Å². The smallest absolute Gasteiger partial charge is 0.325 e. The number of carbonyl (C=O) groups excluding carboxylic acids is 3. The van der Waals surface area contributed by atoms with Crippen molar-refractivity contribution in [2.45, 2.75) is 56.5 Å². The first-order chi connectivity index (χ1) is 16.9. The average molecular weight is 495 g/mol. The lowest BCUT2D eigenvalue weighted by molar-refractivity contribution is -0.134. The molecule has 0 spiro atoms. The number of pyridine rings is 1. The fraction of sp³-hybridized carbons (Fsp3) is 0.481. The van der Waals surface area contributed by atoms with Gasteiger partial charge in [-0.3, -0.25) is 19.5 Å². The first kappa shape index (κ1) is 25.2. The van der Waals surface area contributed by atoms with Gasteiger partial charge in [0.05, 0.1) is 17.8 Å². The summed E-state index contributed by atoms with van der Waals surface area (Å²) in [4.78, 5) is 48.5. The van der Waals surface area contributed by atoms with E-state index in [1.165, 1.54) is 4.90 Å². The molecule has 3 heterocycles. The Hall–Kier alpha value is -2.87. The summed E-state index contributed by atoms with van der Waals surface area (Å²) < 4.78 is 0. The number of piperidine rings is 1. The van der Waals surface area contributed by atoms with Crippen LogP contribution in [-0.2, 0) is 11.3 Å². The van der Waals surface area contributed by atoms with E-state index in [4.69, 9.17) is 0 Å². The molecule has 4 amide bonds. The lowest BCUT2D eigenvalue weighted by Gasteiger charge is -2.41. The number of thioether (sulfide) groups is 1. The predicted molar refractivity (Wildman–Crippen MR) is 137 cm³/mol. The van der Waals surface area contributed by atoms with Gasteiger partial charge < -0.3 is 10.2 Å². The highest BCUT2D eigenvalue weighted by molar-refractivity contribution is 7.98. The Labute approximate surface area is 211 Å². The Morgan fingerprint density at radius 1 is 1.14 bits per heavy atom. The van der Waals surface area contributed by atoms with Crippen molar-refractivity contribution in [1.82, 2.24) is 20.1 Å². The number of likely N-dealkylation sites (tertiary alicyclic amines) is 1. The zero-order chi connectivity index (χ0) is 25.0. The lowest BCUT2D eigenvalue weighted by Crippen LogP contribution is -2.56. The number of imide groups is 1. The Bertz CT molecular complexity index is 1070. The monoisotopic (exact) mass is 494 g/mol. The Morgan fingerprint density at radius 3 is 2.51 bits per heavy atom. The van der Waals surface area contributed by atoms with E-state index in [2.05, 4.69) is 24.1 Å². The molecular formula is C27H34N4O3S. The number of hydrogen-bond acceptors (Lipinski definition) is 5. The van der Waals surface area contributed by atoms with Gasteiger partial charge in [-0.25, -0.2) is 4.79 Å². The van der Waals surface area contributed by atoms with Gasteiger partial charge in [0, 0.05) is 24.2 Å². The molecule has 186 valence electrons. The molecule has 4 rings (SSSR count). The van der Waals surface area contributed by atoms with Gasteiger partial charge in [-0.05, 0) is 68.0 Å². The highest BCUT2D eigenvalue weighted by atomic mass is 32.2. The number of aromatic nitrogens is 1. The summed E-state index contributed by atoms with van der Waals surface area (Å²) in [7, 11) is 0. The van der Waals surface area contributed by atoms with Crippen molar-refractivity contribution in [3.63, 3.8) is 0 Å². The topological polar surface area (TPSA) is 82.6 Å². The van der Waals surface area contributed by atoms with Crippen molar-refractivity contribution in [3.8, 4) is 0 Å². The summed E-state index contributed by atoms with van der Waals surface area (Å²) in [6.45, 7) is 5.56. The van der Waals surface area contributed by atoms with Crippen molar-refractivity contribution in [1.29, 1.82) is 0 Å². The van der Waals surface area contributed by atoms with Crippen LogP contribution in [0, 0.1) is 11.8 Å². The summed E-state index contributed by atoms with van der Waals surface area (Å²) in [5, 5.41) is 3.11. The number of carbonyl (C=O) groups is 3. The second-order valence-electron chi connectivity index (χ2n) is 9.81. The summed E-state index contributed by atoms with van der Waals surface area (Å²) in [6.07, 6.45) is 6.43. The third-order valence-electron chi connectivity index (χ3n) is 7.18. The summed E-state index contributed by atoms with van der Waals surface area (Å²) >= 11 is 1.57. The number of hydrogen-bond donors (Lipinski definition) is 1. The molecule has 0 aliphatic carbocycles. The highest BCUT2D eigenvalue weighted by Crippen LogP contribution is 2.38. The van der Waals surface area contributed by atoms with Gasteiger partial charge in [0.25, 0.3) is 11.8 Å². The molecule has 0 saturated carbocycles. The minimum absolute atomic E-state index is 0.0220. The number of rotatable bonds is 8. The second kappa shape index (κ2) is 10.8. The first-order valence-electron chi connectivity index (χ1n) is 12.3. The molecular weight excluding hydrogens is 460 g/mol. The molecule has 2 saturated heterocycles. The van der Waals surface area contributed by atoms with Crippen LogP contribution in [0.4, 0.5) is 4.79 Å². The van der Waals surface area contributed by atoms with E-state index in [-0.39, 0.29) is 30.3 Å². The molecule has 1 aromatic carbocycles. The molecule has 1 N–H and O–H groups in total. The van der Waals surface area contributed by atoms with Crippen LogP contribution in [0.5, 0.6) is 0 Å². The van der Waals surface area contributed by atoms with Crippen molar-refractivity contribution >= 4 is 29.6 Å². The summed E-state index contributed by atoms with van der Waals surface area (Å²) in [6, 6.07) is 12.8. The molecule has 1 atom stereocenters. The number of benzene rings is 1. The SMILES string of the molecule is CSc1ccccc1C(=O)N1CCC([C@]2(CCC(C)C)NC(=O)N(Cc3ccccn3)C2=O)CC1. The Morgan fingerprint density at radius 2 is 1.86 bits per heavy atom. The Balaban J connectivity index is 1.51. The van der Waals surface area contributed by atoms with E-state index in [9.17, 15) is 14.4 Å². The number of nitrogens with one attached hydrogen (secondary N) is 1. The summed E-state index contributed by atoms with van der Waals surface area (Å²) in [5.74, 6) is 0.256. The molecule has 35 heavy (non-hydrogen) atoms. The molecule has 2 aromatic rings. The normalized spacial score (nSPS) is 21.0. The molecule has 0 radical (unpaired) electrons. The third kappa shape index (κ3) is 5.22. The number of nitrogens with zero attached hydrogens (tertiary/aromatic N) is 3. The molecule has 8 heteroatoms. The fourth-order valence-corrected chi connectivity index (χ4v) is 5.77. The van der Waals surface area contributed by atoms with Gasteiger partial charge in [-0.1, -0.05) is 32.0 Å². The first-order valence-corrected chi connectivity index (χ1v) is 13.5. The van der Waals surface area contributed by atoms with Gasteiger partial charge >= 0.3 is 6.03 Å². The van der Waals surface area contributed by atoms with Gasteiger partial charge in [0.1, 0.15) is 5.54 Å². The second-order valence-corrected chi connectivity index (χ2v) is 10.7. The Kier molecular flexibility index (Phi) is 7.79. The highest BCUT2D eigenvalue weighted by Gasteiger charge is 2.55. The maximum atomic E-state index is 13.8. The van der Waals surface area contributed by atoms with Crippen LogP contribution in [0.25, 0.3) is 0 Å². The average Bonchev–Trinajstić information content (AvgIpc) is 3.12. The molecule has 1 aromatic heterocycles. The molecule has 2 aliphatic rings.